The molecule has 6 aromatic rings. The molecule has 0 amide bonds. The summed E-state index contributed by atoms with van der Waals surface area (Å²) < 4.78 is 52.7. The monoisotopic (exact) mass is 1710 g/mol. The van der Waals surface area contributed by atoms with Gasteiger partial charge in [-0.25, -0.2) is 4.98 Å². The molecule has 6 saturated heterocycles. The minimum Gasteiger partial charge on any atom is -1.00 e. The van der Waals surface area contributed by atoms with Crippen molar-refractivity contribution >= 4 is 89.0 Å². The molecule has 108 heavy (non-hydrogen) atoms. The number of nitrogens with two attached hydrogens (primary N) is 1. The van der Waals surface area contributed by atoms with Gasteiger partial charge in [0.05, 0.1) is 95.1 Å². The molecule has 22 nitrogen and oxygen atoms in total. The van der Waals surface area contributed by atoms with Crippen LogP contribution in [0.25, 0.3) is 0 Å². The number of Topliss-reactive ketones (excluding diaryl/α,β-unsaturated/α-hetero) is 1. The van der Waals surface area contributed by atoms with Crippen LogP contribution in [-0.2, 0) is 61.4 Å². The first kappa shape index (κ1) is 98.1. The molecule has 5 aromatic carbocycles. The molecule has 6 aliphatic rings. The number of carboxylic acid groups (broad SMARTS) is 1. The Morgan fingerprint density at radius 1 is 0.602 bits per heavy atom. The van der Waals surface area contributed by atoms with Gasteiger partial charge in [-0.3, -0.25) is 9.59 Å². The van der Waals surface area contributed by atoms with E-state index in [2.05, 4.69) is 96.4 Å². The van der Waals surface area contributed by atoms with Crippen LogP contribution in [0.3, 0.4) is 0 Å². The molecule has 0 spiro atoms. The number of methoxy groups -OCH3 is 5. The predicted octanol–water partition coefficient (Wildman–Crippen LogP) is 6.62. The second-order valence-electron chi connectivity index (χ2n) is 25.8. The molecule has 582 valence electrons. The SMILES string of the molecule is BrCCOCCBr.CN1CCN(C(N)=S)CC1.COc1cccc(C2(C#N)CCOCC2)c1.COc1cccc(C2(C(=O)CCl)CCOCC2)c1.COc1cccc(C2(C(=O)O)CCOCC2)c1.COc1cccc(C2(c3csc(N4CCN(C)CC4)n3)CCOCC2)c1.COc1cccc(CC#N)c1.[H-].[K+].[Na+].[OH-]. The number of carbonyl (C=O) groups is 2. The van der Waals surface area contributed by atoms with Gasteiger partial charge < -0.3 is 84.7 Å². The zero-order valence-electron chi connectivity index (χ0n) is 65.3. The molecule has 6 fully saturated rings. The second kappa shape index (κ2) is 53.1. The number of alkyl halides is 3. The summed E-state index contributed by atoms with van der Waals surface area (Å²) in [6.45, 7) is 15.1. The van der Waals surface area contributed by atoms with Crippen LogP contribution in [0.4, 0.5) is 5.13 Å². The fraction of sp³-hybridized carbons (Fsp3) is 0.519. The van der Waals surface area contributed by atoms with Crippen LogP contribution in [0.1, 0.15) is 86.3 Å². The number of ketones is 1. The van der Waals surface area contributed by atoms with E-state index >= 15 is 0 Å². The molecular formula is C79H107Br2ClKN8NaO14S2. The molecule has 7 heterocycles. The van der Waals surface area contributed by atoms with E-state index in [1.165, 1.54) is 11.3 Å². The summed E-state index contributed by atoms with van der Waals surface area (Å²) in [5.74, 6) is 3.29. The predicted molar refractivity (Wildman–Crippen MR) is 428 cm³/mol. The average molecular weight is 1710 g/mol. The smallest absolute Gasteiger partial charge is 1.00 e. The third-order valence-corrected chi connectivity index (χ3v) is 21.6. The van der Waals surface area contributed by atoms with Gasteiger partial charge in [-0.15, -0.1) is 22.9 Å². The van der Waals surface area contributed by atoms with Crippen LogP contribution in [0, 0.1) is 22.7 Å². The van der Waals surface area contributed by atoms with Gasteiger partial charge in [-0.2, -0.15) is 10.5 Å². The fourth-order valence-corrected chi connectivity index (χ4v) is 14.8. The topological polar surface area (TPSA) is 276 Å². The Morgan fingerprint density at radius 2 is 0.991 bits per heavy atom. The van der Waals surface area contributed by atoms with Crippen molar-refractivity contribution in [2.45, 2.75) is 79.4 Å². The number of halogens is 3. The first-order valence-electron chi connectivity index (χ1n) is 35.4. The van der Waals surface area contributed by atoms with E-state index in [1.807, 2.05) is 102 Å². The Hall–Kier alpha value is -4.09. The van der Waals surface area contributed by atoms with Crippen molar-refractivity contribution in [3.05, 3.63) is 160 Å². The number of carbonyl (C=O) groups excluding carboxylic acids is 1. The molecule has 0 aliphatic carbocycles. The first-order chi connectivity index (χ1) is 50.9. The number of piperazine rings is 2. The number of thiocarbonyl (C=S) groups is 1. The van der Waals surface area contributed by atoms with Crippen LogP contribution in [0.15, 0.2) is 127 Å². The maximum Gasteiger partial charge on any atom is 1.00 e. The molecule has 0 bridgehead atoms. The average Bonchev–Trinajstić information content (AvgIpc) is 1.71. The van der Waals surface area contributed by atoms with Crippen LogP contribution >= 0.6 is 67.0 Å². The number of anilines is 1. The van der Waals surface area contributed by atoms with E-state index in [1.54, 1.807) is 53.0 Å². The molecule has 12 rings (SSSR count). The zero-order chi connectivity index (χ0) is 75.9. The molecule has 0 unspecified atom stereocenters. The second-order valence-corrected chi connectivity index (χ2v) is 28.9. The number of rotatable bonds is 19. The third-order valence-electron chi connectivity index (χ3n) is 19.6. The van der Waals surface area contributed by atoms with E-state index < -0.39 is 22.2 Å². The van der Waals surface area contributed by atoms with E-state index in [0.29, 0.717) is 82.6 Å². The number of likely N-dealkylation sites (N-methyl/N-ethyl adjacent to an activating group) is 2. The molecule has 6 aliphatic heterocycles. The van der Waals surface area contributed by atoms with E-state index in [-0.39, 0.29) is 105 Å². The van der Waals surface area contributed by atoms with Gasteiger partial charge in [0.15, 0.2) is 16.0 Å². The summed E-state index contributed by atoms with van der Waals surface area (Å²) >= 11 is 18.9. The van der Waals surface area contributed by atoms with Gasteiger partial charge in [-0.1, -0.05) is 92.5 Å². The summed E-state index contributed by atoms with van der Waals surface area (Å²) in [4.78, 5) is 38.1. The van der Waals surface area contributed by atoms with E-state index in [9.17, 15) is 20.0 Å². The minimum atomic E-state index is -0.827. The van der Waals surface area contributed by atoms with Crippen LogP contribution in [-0.4, -0.2) is 232 Å². The number of ether oxygens (including phenoxy) is 10. The number of hydrogen-bond acceptors (Lipinski definition) is 21. The van der Waals surface area contributed by atoms with Crippen molar-refractivity contribution in [2.24, 2.45) is 5.73 Å². The van der Waals surface area contributed by atoms with Gasteiger partial charge in [0, 0.05) is 127 Å². The minimum absolute atomic E-state index is 0. The first-order valence-corrected chi connectivity index (χ1v) is 39.4. The Labute approximate surface area is 736 Å². The number of carboxylic acids is 1. The molecule has 4 N–H and O–H groups in total. The quantitative estimate of drug-likeness (QED) is 0.0373. The number of thiazole rings is 1. The Kier molecular flexibility index (Phi) is 48.2. The van der Waals surface area contributed by atoms with Gasteiger partial charge in [-0.05, 0) is 166 Å². The van der Waals surface area contributed by atoms with Crippen LogP contribution < -0.4 is 115 Å². The molecule has 29 heteroatoms. The van der Waals surface area contributed by atoms with Crippen molar-refractivity contribution in [3.8, 4) is 40.9 Å². The number of aromatic nitrogens is 1. The molecule has 0 atom stereocenters. The van der Waals surface area contributed by atoms with Crippen molar-refractivity contribution in [1.82, 2.24) is 19.7 Å². The van der Waals surface area contributed by atoms with E-state index in [0.717, 1.165) is 166 Å². The maximum absolute atomic E-state index is 12.3. The molecular weight excluding hydrogens is 1610 g/mol. The summed E-state index contributed by atoms with van der Waals surface area (Å²) in [5.41, 5.74) is 9.94. The largest absolute Gasteiger partial charge is 1.00 e. The Balaban J connectivity index is 0.000000443. The van der Waals surface area contributed by atoms with Crippen molar-refractivity contribution < 1.29 is 150 Å². The normalized spacial score (nSPS) is 17.3. The summed E-state index contributed by atoms with van der Waals surface area (Å²) in [7, 11) is 12.5. The van der Waals surface area contributed by atoms with Gasteiger partial charge in [0.25, 0.3) is 0 Å². The number of nitriles is 2. The molecule has 1 aromatic heterocycles. The van der Waals surface area contributed by atoms with Crippen molar-refractivity contribution in [2.75, 3.05) is 190 Å². The zero-order valence-corrected chi connectivity index (χ0v) is 75.0. The summed E-state index contributed by atoms with van der Waals surface area (Å²) in [6, 6.07) is 43.3. The van der Waals surface area contributed by atoms with Gasteiger partial charge in [0.1, 0.15) is 28.7 Å². The maximum atomic E-state index is 12.3. The number of aliphatic carboxylic acids is 1. The number of benzene rings is 5. The van der Waals surface area contributed by atoms with Crippen molar-refractivity contribution in [3.63, 3.8) is 0 Å². The van der Waals surface area contributed by atoms with E-state index in [4.69, 9.17) is 87.2 Å². The van der Waals surface area contributed by atoms with Gasteiger partial charge >= 0.3 is 86.9 Å². The Morgan fingerprint density at radius 3 is 1.42 bits per heavy atom. The molecule has 0 radical (unpaired) electrons. The molecule has 0 saturated carbocycles. The Bertz CT molecular complexity index is 3660. The van der Waals surface area contributed by atoms with Gasteiger partial charge in [0.2, 0.25) is 0 Å². The van der Waals surface area contributed by atoms with Crippen LogP contribution in [0.5, 0.6) is 28.7 Å². The third kappa shape index (κ3) is 29.7. The summed E-state index contributed by atoms with van der Waals surface area (Å²) in [5, 5.41) is 33.1. The number of nitrogens with zero attached hydrogens (tertiary/aromatic N) is 7. The standard InChI is InChI=1S/C20H27N3O2S.C14H17ClO3.C13H15NO2.C13H16O4.C9H9NO.C6H13N3S.C4H8Br2O.K.Na.H2O.H/c1-22-8-10-23(11-9-22)19-21-18(15-26-19)20(6-12-25-13-7-20)16-4-3-5-17(14-16)24-2;1-17-12-4-2-3-11(9-12)14(13(16)10-15)5-7-18-8-6-14;1-15-12-4-2-3-11(9-12)13(10-14)5-7-16-8-6-13;1-16-11-4-2-3-10(9-11)13(12(14)15)5-7-17-8-6-13;1-11-9-4-2-3-8(7-9)5-6-10;1-8-2-4-9(5-3-8)6(7)10;5-1-3-7-4-2-6;;;;/h3-5,14-15H,6-13H2,1-2H3;2-4,9H,5-8,10H2,1H3;2-4,9H,5-8H2,1H3;2-4,9H,5-8H2,1H3,(H,14,15);2-4,7H,5H2,1H3;2-5H2,1H3,(H2,7,10);1-4H2;;;1H2;/q;;;;;;;2*+1;;-1/p-1. The number of hydrogen-bond donors (Lipinski definition) is 2. The fourth-order valence-electron chi connectivity index (χ4n) is 12.9. The van der Waals surface area contributed by atoms with Crippen molar-refractivity contribution in [1.29, 1.82) is 10.5 Å². The summed E-state index contributed by atoms with van der Waals surface area (Å²) in [6.07, 6.45) is 6.28. The van der Waals surface area contributed by atoms with Crippen LogP contribution in [0.2, 0.25) is 0 Å².